The van der Waals surface area contributed by atoms with Crippen molar-refractivity contribution in [1.29, 1.82) is 0 Å². The van der Waals surface area contributed by atoms with E-state index in [9.17, 15) is 0 Å². The van der Waals surface area contributed by atoms with Crippen LogP contribution < -0.4 is 5.32 Å². The number of aromatic amines is 1. The Bertz CT molecular complexity index is 691. The summed E-state index contributed by atoms with van der Waals surface area (Å²) in [5.41, 5.74) is 4.62. The maximum absolute atomic E-state index is 4.53. The van der Waals surface area contributed by atoms with Gasteiger partial charge in [0.25, 0.3) is 5.78 Å². The van der Waals surface area contributed by atoms with Gasteiger partial charge in [0.15, 0.2) is 5.82 Å². The zero-order valence-corrected chi connectivity index (χ0v) is 11.4. The van der Waals surface area contributed by atoms with E-state index >= 15 is 0 Å². The minimum absolute atomic E-state index is 0.707. The van der Waals surface area contributed by atoms with E-state index < -0.39 is 0 Å². The summed E-state index contributed by atoms with van der Waals surface area (Å²) >= 11 is 0. The Balaban J connectivity index is 2.00. The maximum atomic E-state index is 4.53. The molecule has 2 aromatic heterocycles. The number of aryl methyl sites for hydroxylation is 2. The van der Waals surface area contributed by atoms with E-state index in [2.05, 4.69) is 52.4 Å². The number of rotatable bonds is 3. The van der Waals surface area contributed by atoms with Gasteiger partial charge in [-0.1, -0.05) is 12.1 Å². The molecule has 3 rings (SSSR count). The number of nitrogens with zero attached hydrogens (tertiary/aromatic N) is 3. The third-order valence-electron chi connectivity index (χ3n) is 3.31. The van der Waals surface area contributed by atoms with Crippen molar-refractivity contribution in [2.75, 3.05) is 7.05 Å². The van der Waals surface area contributed by atoms with E-state index in [0.29, 0.717) is 5.78 Å². The lowest BCUT2D eigenvalue weighted by molar-refractivity contribution is 0.795. The highest BCUT2D eigenvalue weighted by atomic mass is 15.3. The number of hydrogen-bond acceptors (Lipinski definition) is 3. The predicted molar refractivity (Wildman–Crippen MR) is 75.0 cm³/mol. The first kappa shape index (κ1) is 11.9. The van der Waals surface area contributed by atoms with Crippen LogP contribution in [-0.2, 0) is 6.54 Å². The second-order valence-electron chi connectivity index (χ2n) is 4.80. The highest BCUT2D eigenvalue weighted by molar-refractivity contribution is 5.59. The van der Waals surface area contributed by atoms with E-state index in [1.165, 1.54) is 11.1 Å². The Morgan fingerprint density at radius 1 is 1.21 bits per heavy atom. The average molecular weight is 255 g/mol. The lowest BCUT2D eigenvalue weighted by Crippen LogP contribution is -2.05. The first-order chi connectivity index (χ1) is 9.17. The van der Waals surface area contributed by atoms with E-state index in [-0.39, 0.29) is 0 Å². The molecule has 0 amide bonds. The summed E-state index contributed by atoms with van der Waals surface area (Å²) in [5, 5.41) is 6.33. The maximum Gasteiger partial charge on any atom is 0.251 e. The number of benzene rings is 1. The van der Waals surface area contributed by atoms with Crippen molar-refractivity contribution in [3.8, 4) is 11.4 Å². The number of hydrogen-bond donors (Lipinski definition) is 2. The van der Waals surface area contributed by atoms with Crippen LogP contribution in [0.15, 0.2) is 24.4 Å². The lowest BCUT2D eigenvalue weighted by atomic mass is 10.1. The van der Waals surface area contributed by atoms with Crippen LogP contribution in [0, 0.1) is 13.8 Å². The number of H-pyrrole nitrogens is 1. The van der Waals surface area contributed by atoms with Crippen molar-refractivity contribution in [2.24, 2.45) is 0 Å². The molecule has 0 aliphatic rings. The van der Waals surface area contributed by atoms with Crippen molar-refractivity contribution < 1.29 is 0 Å². The van der Waals surface area contributed by atoms with Gasteiger partial charge in [-0.05, 0) is 38.1 Å². The van der Waals surface area contributed by atoms with Gasteiger partial charge in [-0.2, -0.15) is 4.98 Å². The summed E-state index contributed by atoms with van der Waals surface area (Å²) in [7, 11) is 1.90. The largest absolute Gasteiger partial charge is 0.314 e. The Labute approximate surface area is 111 Å². The quantitative estimate of drug-likeness (QED) is 0.753. The molecule has 0 aliphatic heterocycles. The molecule has 0 spiro atoms. The average Bonchev–Trinajstić information content (AvgIpc) is 2.91. The molecule has 0 bridgehead atoms. The van der Waals surface area contributed by atoms with Gasteiger partial charge in [-0.15, -0.1) is 0 Å². The summed E-state index contributed by atoms with van der Waals surface area (Å²) in [5.74, 6) is 1.56. The Kier molecular flexibility index (Phi) is 2.83. The molecule has 0 saturated carbocycles. The summed E-state index contributed by atoms with van der Waals surface area (Å²) in [6.07, 6.45) is 1.96. The number of imidazole rings is 1. The van der Waals surface area contributed by atoms with E-state index in [1.807, 2.05) is 17.8 Å². The van der Waals surface area contributed by atoms with Gasteiger partial charge in [0.1, 0.15) is 0 Å². The van der Waals surface area contributed by atoms with Crippen molar-refractivity contribution in [3.05, 3.63) is 41.2 Å². The molecular weight excluding hydrogens is 238 g/mol. The van der Waals surface area contributed by atoms with Gasteiger partial charge in [0.05, 0.1) is 11.9 Å². The molecule has 0 fully saturated rings. The van der Waals surface area contributed by atoms with E-state index in [4.69, 9.17) is 0 Å². The second-order valence-corrected chi connectivity index (χ2v) is 4.80. The fraction of sp³-hybridized carbons (Fsp3) is 0.286. The van der Waals surface area contributed by atoms with Crippen LogP contribution in [0.2, 0.25) is 0 Å². The molecule has 1 aromatic carbocycles. The highest BCUT2D eigenvalue weighted by Gasteiger charge is 2.09. The summed E-state index contributed by atoms with van der Waals surface area (Å²) in [4.78, 5) is 8.97. The van der Waals surface area contributed by atoms with E-state index in [1.54, 1.807) is 0 Å². The van der Waals surface area contributed by atoms with E-state index in [0.717, 1.165) is 23.6 Å². The van der Waals surface area contributed by atoms with Crippen LogP contribution in [0.3, 0.4) is 0 Å². The number of fused-ring (bicyclic) bond motifs is 1. The molecule has 2 N–H and O–H groups in total. The molecule has 2 heterocycles. The molecule has 5 heteroatoms. The molecular formula is C14H17N5. The Morgan fingerprint density at radius 2 is 2.05 bits per heavy atom. The van der Waals surface area contributed by atoms with Gasteiger partial charge in [-0.25, -0.2) is 9.50 Å². The van der Waals surface area contributed by atoms with Gasteiger partial charge in [-0.3, -0.25) is 5.10 Å². The molecule has 0 saturated heterocycles. The molecule has 0 atom stereocenters. The van der Waals surface area contributed by atoms with Crippen molar-refractivity contribution in [2.45, 2.75) is 20.4 Å². The summed E-state index contributed by atoms with van der Waals surface area (Å²) < 4.78 is 1.86. The third-order valence-corrected chi connectivity index (χ3v) is 3.31. The van der Waals surface area contributed by atoms with Crippen molar-refractivity contribution in [1.82, 2.24) is 24.9 Å². The predicted octanol–water partition coefficient (Wildman–Crippen LogP) is 2.06. The molecule has 0 aliphatic carbocycles. The molecule has 0 unspecified atom stereocenters. The smallest absolute Gasteiger partial charge is 0.251 e. The Hall–Kier alpha value is -2.14. The van der Waals surface area contributed by atoms with Crippen LogP contribution in [0.25, 0.3) is 17.2 Å². The molecule has 98 valence electrons. The molecule has 0 radical (unpaired) electrons. The van der Waals surface area contributed by atoms with Gasteiger partial charge in [0.2, 0.25) is 0 Å². The van der Waals surface area contributed by atoms with Crippen LogP contribution in [0.1, 0.15) is 16.8 Å². The van der Waals surface area contributed by atoms with Crippen LogP contribution in [-0.4, -0.2) is 26.6 Å². The molecule has 5 nitrogen and oxygen atoms in total. The monoisotopic (exact) mass is 255 g/mol. The summed E-state index contributed by atoms with van der Waals surface area (Å²) in [6.45, 7) is 4.96. The number of aromatic nitrogens is 4. The molecule has 3 aromatic rings. The fourth-order valence-corrected chi connectivity index (χ4v) is 2.10. The number of nitrogens with one attached hydrogen (secondary N) is 2. The fourth-order valence-electron chi connectivity index (χ4n) is 2.10. The SMILES string of the molecule is CNCc1cn2[nH]c(-c3ccc(C)c(C)c3)nc2n1. The van der Waals surface area contributed by atoms with Crippen LogP contribution >= 0.6 is 0 Å². The van der Waals surface area contributed by atoms with Crippen molar-refractivity contribution >= 4 is 5.78 Å². The lowest BCUT2D eigenvalue weighted by Gasteiger charge is -2.01. The second kappa shape index (κ2) is 4.51. The zero-order valence-electron chi connectivity index (χ0n) is 11.4. The molecule has 19 heavy (non-hydrogen) atoms. The first-order valence-corrected chi connectivity index (χ1v) is 6.33. The normalized spacial score (nSPS) is 11.3. The van der Waals surface area contributed by atoms with Gasteiger partial charge >= 0.3 is 0 Å². The minimum Gasteiger partial charge on any atom is -0.314 e. The topological polar surface area (TPSA) is 58.0 Å². The third kappa shape index (κ3) is 2.13. The minimum atomic E-state index is 0.707. The standard InChI is InChI=1S/C14H17N5/c1-9-4-5-11(6-10(9)2)13-17-14-16-12(7-15-3)8-19(14)18-13/h4-6,8,15H,7H2,1-3H3,(H,16,17,18). The first-order valence-electron chi connectivity index (χ1n) is 6.33. The van der Waals surface area contributed by atoms with Crippen LogP contribution in [0.5, 0.6) is 0 Å². The summed E-state index contributed by atoms with van der Waals surface area (Å²) in [6, 6.07) is 6.33. The van der Waals surface area contributed by atoms with Crippen LogP contribution in [0.4, 0.5) is 0 Å². The highest BCUT2D eigenvalue weighted by Crippen LogP contribution is 2.19. The van der Waals surface area contributed by atoms with Crippen molar-refractivity contribution in [3.63, 3.8) is 0 Å². The Morgan fingerprint density at radius 3 is 2.74 bits per heavy atom. The van der Waals surface area contributed by atoms with Gasteiger partial charge < -0.3 is 5.32 Å². The zero-order chi connectivity index (χ0) is 13.4. The van der Waals surface area contributed by atoms with Gasteiger partial charge in [0, 0.05) is 12.1 Å².